The summed E-state index contributed by atoms with van der Waals surface area (Å²) >= 11 is 0. The molecule has 0 aromatic heterocycles. The molecule has 5 aliphatic carbocycles. The van der Waals surface area contributed by atoms with Crippen molar-refractivity contribution in [2.75, 3.05) is 381 Å². The van der Waals surface area contributed by atoms with Crippen LogP contribution in [0, 0.1) is 5.92 Å². The van der Waals surface area contributed by atoms with Gasteiger partial charge in [-0.25, -0.2) is 0 Å². The Morgan fingerprint density at radius 3 is 0.839 bits per heavy atom. The maximum Gasteiger partial charge on any atom is 0.0110 e. The van der Waals surface area contributed by atoms with Gasteiger partial charge in [-0.3, -0.25) is 14.7 Å². The van der Waals surface area contributed by atoms with Crippen LogP contribution in [0.3, 0.4) is 0 Å². The third-order valence-corrected chi connectivity index (χ3v) is 25.7. The second kappa shape index (κ2) is 93.7. The summed E-state index contributed by atoms with van der Waals surface area (Å²) in [5, 5.41) is 43.3. The van der Waals surface area contributed by atoms with Gasteiger partial charge in [0.1, 0.15) is 0 Å². The molecule has 0 bridgehead atoms. The molecular weight excluding hydrogens is 1550 g/mol. The van der Waals surface area contributed by atoms with E-state index in [0.717, 1.165) is 357 Å². The predicted octanol–water partition coefficient (Wildman–Crippen LogP) is 4.82. The highest BCUT2D eigenvalue weighted by Gasteiger charge is 2.25. The molecule has 28 heteroatoms. The maximum atomic E-state index is 6.21. The number of unbranched alkanes of at least 4 members (excludes halogenated alkanes) is 5. The fourth-order valence-corrected chi connectivity index (χ4v) is 16.0. The van der Waals surface area contributed by atoms with Crippen molar-refractivity contribution in [3.63, 3.8) is 0 Å². The molecule has 5 fully saturated rings. The van der Waals surface area contributed by atoms with E-state index in [9.17, 15) is 0 Å². The van der Waals surface area contributed by atoms with Crippen molar-refractivity contribution in [1.82, 2.24) is 118 Å². The highest BCUT2D eigenvalue weighted by atomic mass is 15.3. The van der Waals surface area contributed by atoms with Crippen molar-refractivity contribution in [2.24, 2.45) is 34.6 Å². The minimum Gasteiger partial charge on any atom is -0.329 e. The molecule has 0 heterocycles. The summed E-state index contributed by atoms with van der Waals surface area (Å²) in [5.41, 5.74) is 29.7. The van der Waals surface area contributed by atoms with Crippen molar-refractivity contribution < 1.29 is 0 Å². The van der Waals surface area contributed by atoms with E-state index in [1.165, 1.54) is 167 Å². The average Bonchev–Trinajstić information content (AvgIpc) is 0.874. The van der Waals surface area contributed by atoms with Crippen molar-refractivity contribution >= 4 is 0 Å². The lowest BCUT2D eigenvalue weighted by molar-refractivity contribution is 0.128. The third kappa shape index (κ3) is 73.4. The Kier molecular flexibility index (Phi) is 96.0. The number of hydrogen-bond acceptors (Lipinski definition) is 28. The van der Waals surface area contributed by atoms with Crippen molar-refractivity contribution in [3.8, 4) is 0 Å². The van der Waals surface area contributed by atoms with E-state index >= 15 is 0 Å². The predicted molar refractivity (Wildman–Crippen MR) is 550 cm³/mol. The summed E-state index contributed by atoms with van der Waals surface area (Å²) in [6.07, 6.45) is 31.0. The summed E-state index contributed by atoms with van der Waals surface area (Å²) in [6, 6.07) is 3.13. The van der Waals surface area contributed by atoms with Crippen LogP contribution < -0.4 is 92.5 Å². The molecule has 0 atom stereocenters. The monoisotopic (exact) mass is 1770 g/mol. The first-order chi connectivity index (χ1) is 58.5. The summed E-state index contributed by atoms with van der Waals surface area (Å²) < 4.78 is 0. The number of hydrogen-bond donors (Lipinski definition) is 17. The largest absolute Gasteiger partial charge is 0.329 e. The average molecular weight is 1770 g/mol. The lowest BCUT2D eigenvalue weighted by Crippen LogP contribution is -2.47. The van der Waals surface area contributed by atoms with Gasteiger partial charge in [0.15, 0.2) is 0 Å². The van der Waals surface area contributed by atoms with Gasteiger partial charge >= 0.3 is 0 Å². The van der Waals surface area contributed by atoms with Crippen LogP contribution in [0.1, 0.15) is 219 Å². The molecule has 0 aromatic rings. The molecule has 22 N–H and O–H groups in total. The van der Waals surface area contributed by atoms with Crippen molar-refractivity contribution in [3.05, 3.63) is 0 Å². The third-order valence-electron chi connectivity index (χ3n) is 25.7. The topological polar surface area (TPSA) is 310 Å². The fraction of sp³-hybridized carbons (Fsp3) is 1.00. The second-order valence-corrected chi connectivity index (χ2v) is 35.7. The first-order valence-corrected chi connectivity index (χ1v) is 50.5. The Labute approximate surface area is 772 Å². The zero-order valence-corrected chi connectivity index (χ0v) is 79.6. The molecule has 0 unspecified atom stereocenters. The number of rotatable bonds is 89. The molecule has 5 aliphatic rings. The van der Waals surface area contributed by atoms with Crippen LogP contribution in [0.2, 0.25) is 0 Å². The highest BCUT2D eigenvalue weighted by Crippen LogP contribution is 2.25. The first kappa shape index (κ1) is 127. The molecule has 0 saturated heterocycles. The summed E-state index contributed by atoms with van der Waals surface area (Å²) in [4.78, 5) is 28.7. The van der Waals surface area contributed by atoms with Crippen LogP contribution in [0.5, 0.6) is 0 Å². The van der Waals surface area contributed by atoms with Gasteiger partial charge in [-0.1, -0.05) is 136 Å². The second-order valence-electron chi connectivity index (χ2n) is 35.7. The molecule has 5 rings (SSSR count). The molecule has 0 spiro atoms. The van der Waals surface area contributed by atoms with Gasteiger partial charge in [0.05, 0.1) is 0 Å². The maximum absolute atomic E-state index is 6.21. The van der Waals surface area contributed by atoms with Gasteiger partial charge in [-0.2, -0.15) is 0 Å². The van der Waals surface area contributed by atoms with E-state index in [1.807, 2.05) is 0 Å². The lowest BCUT2D eigenvalue weighted by Gasteiger charge is -2.37. The number of nitrogens with zero attached hydrogens (tertiary/aromatic N) is 11. The Hall–Kier alpha value is -1.12. The fourth-order valence-electron chi connectivity index (χ4n) is 16.0. The van der Waals surface area contributed by atoms with E-state index in [0.29, 0.717) is 19.6 Å². The molecule has 5 saturated carbocycles. The molecule has 0 aromatic carbocycles. The number of nitrogens with two attached hydrogens (primary N) is 5. The Morgan fingerprint density at radius 1 is 0.234 bits per heavy atom. The SMILES string of the molecule is C.C.C.C.C.CC1CCC1.CCCCN(CCN)CCN(CCN)CCN(CCN)CCCCCN(CCNCCNCCNCC)CCN(C)CCNCCNCCN.CCNCCN(CCNCCN(CCCCCN(CCN)CCN(CCNC1CCC1)CCN(CC)CCNC1CCC1)CCN(C)CCNCCNCCNC1CCC1)C1CCC1. The van der Waals surface area contributed by atoms with Crippen LogP contribution in [0.25, 0.3) is 0 Å². The van der Waals surface area contributed by atoms with E-state index in [4.69, 9.17) is 28.7 Å². The quantitative estimate of drug-likeness (QED) is 0.0363. The van der Waals surface area contributed by atoms with Gasteiger partial charge in [0.2, 0.25) is 0 Å². The zero-order chi connectivity index (χ0) is 85.6. The molecule has 28 nitrogen and oxygen atoms in total. The van der Waals surface area contributed by atoms with E-state index in [-0.39, 0.29) is 37.1 Å². The van der Waals surface area contributed by atoms with E-state index in [1.54, 1.807) is 0 Å². The summed E-state index contributed by atoms with van der Waals surface area (Å²) in [5.74, 6) is 1.06. The number of likely N-dealkylation sites (N-methyl/N-ethyl adjacent to an activating group) is 5. The van der Waals surface area contributed by atoms with E-state index < -0.39 is 0 Å². The van der Waals surface area contributed by atoms with Crippen LogP contribution in [0.4, 0.5) is 0 Å². The Balaban J connectivity index is -0.00000220. The summed E-state index contributed by atoms with van der Waals surface area (Å²) in [7, 11) is 4.55. The molecule has 0 radical (unpaired) electrons. The van der Waals surface area contributed by atoms with Gasteiger partial charge < -0.3 is 132 Å². The van der Waals surface area contributed by atoms with Gasteiger partial charge in [0, 0.05) is 338 Å². The van der Waals surface area contributed by atoms with Gasteiger partial charge in [0.25, 0.3) is 0 Å². The Morgan fingerprint density at radius 2 is 0.500 bits per heavy atom. The van der Waals surface area contributed by atoms with Crippen LogP contribution in [-0.4, -0.2) is 459 Å². The molecule has 750 valence electrons. The first-order valence-electron chi connectivity index (χ1n) is 50.5. The zero-order valence-electron chi connectivity index (χ0n) is 79.6. The van der Waals surface area contributed by atoms with Crippen LogP contribution in [0.15, 0.2) is 0 Å². The minimum atomic E-state index is 0. The van der Waals surface area contributed by atoms with Gasteiger partial charge in [-0.05, 0) is 156 Å². The van der Waals surface area contributed by atoms with Gasteiger partial charge in [-0.15, -0.1) is 0 Å². The molecule has 124 heavy (non-hydrogen) atoms. The lowest BCUT2D eigenvalue weighted by atomic mass is 9.88. The smallest absolute Gasteiger partial charge is 0.0110 e. The minimum absolute atomic E-state index is 0. The molecule has 0 amide bonds. The van der Waals surface area contributed by atoms with Crippen molar-refractivity contribution in [2.45, 2.75) is 244 Å². The van der Waals surface area contributed by atoms with Crippen molar-refractivity contribution in [1.29, 1.82) is 0 Å². The Bertz CT molecular complexity index is 2050. The standard InChI is InChI=1S/C50H108N14.C36H88N14.C5H10.5CH4/c1-4-52-28-39-64(50-19-12-20-50)40-29-55-27-36-62(42-41-59(3)35-26-54-23-22-53-24-25-56-47-13-9-14-47)33-8-6-7-32-61(34-21-51)45-46-63(38-31-58-49-17-11-18-49)44-43-60(5-2)37-30-57-48-15-10-16-48;1-4-6-23-47(26-11-38)33-35-50(28-13-40)36-34-48(27-12-39)24-8-7-9-25-49(30-22-45-20-18-43-16-15-41-5-2)32-31-46(3)29-21-44-19-17-42-14-10-37;1-5-3-2-4-5;;;;;/h47-50,52-58H,4-46,51H2,1-3H3;41-45H,4-40H2,1-3H3;5H,2-4H2,1H3;5*1H4. The number of nitrogens with one attached hydrogen (secondary N) is 12. The molecule has 0 aliphatic heterocycles. The summed E-state index contributed by atoms with van der Waals surface area (Å²) in [6.45, 7) is 69.7. The molecular formula is C96H226N28. The highest BCUT2D eigenvalue weighted by molar-refractivity contribution is 4.83. The van der Waals surface area contributed by atoms with Crippen LogP contribution >= 0.6 is 0 Å². The normalized spacial score (nSPS) is 15.1. The van der Waals surface area contributed by atoms with E-state index in [2.05, 4.69) is 166 Å². The van der Waals surface area contributed by atoms with Crippen LogP contribution in [-0.2, 0) is 0 Å².